The Balaban J connectivity index is 1.25. The summed E-state index contributed by atoms with van der Waals surface area (Å²) in [6, 6.07) is 67.0. The molecule has 0 atom stereocenters. The highest BCUT2D eigenvalue weighted by atomic mass is 32.1. The molecule has 15 aromatic rings. The van der Waals surface area contributed by atoms with Gasteiger partial charge in [0, 0.05) is 85.3 Å². The first kappa shape index (κ1) is 37.4. The molecule has 0 bridgehead atoms. The third kappa shape index (κ3) is 4.83. The zero-order chi connectivity index (χ0) is 44.8. The van der Waals surface area contributed by atoms with E-state index in [9.17, 15) is 11.8 Å². The normalized spacial score (nSPS) is 12.1. The molecule has 0 amide bonds. The number of pyridine rings is 1. The highest BCUT2D eigenvalue weighted by molar-refractivity contribution is 7.27. The summed E-state index contributed by atoms with van der Waals surface area (Å²) in [5, 5.41) is 24.5. The molecule has 5 heterocycles. The van der Waals surface area contributed by atoms with E-state index < -0.39 is 0 Å². The lowest BCUT2D eigenvalue weighted by Gasteiger charge is -2.26. The Morgan fingerprint density at radius 1 is 0.471 bits per heavy atom. The topological polar surface area (TPSA) is 50.9 Å². The maximum absolute atomic E-state index is 12.1. The van der Waals surface area contributed by atoms with Crippen molar-refractivity contribution >= 4 is 134 Å². The van der Waals surface area contributed by atoms with Crippen LogP contribution in [0.3, 0.4) is 0 Å². The number of benzene rings is 10. The number of nitrogens with zero attached hydrogens (tertiary/aromatic N) is 5. The van der Waals surface area contributed by atoms with Gasteiger partial charge in [0.1, 0.15) is 6.07 Å². The summed E-state index contributed by atoms with van der Waals surface area (Å²) in [4.78, 5) is 9.54. The molecule has 5 nitrogen and oxygen atoms in total. The highest BCUT2D eigenvalue weighted by Crippen LogP contribution is 2.55. The predicted molar refractivity (Wildman–Crippen MR) is 287 cm³/mol. The van der Waals surface area contributed by atoms with Crippen molar-refractivity contribution in [3.8, 4) is 39.7 Å². The van der Waals surface area contributed by atoms with Crippen LogP contribution in [0.25, 0.3) is 144 Å². The Labute approximate surface area is 396 Å². The van der Waals surface area contributed by atoms with Gasteiger partial charge in [0.2, 0.25) is 5.69 Å². The molecule has 0 N–H and O–H groups in total. The minimum atomic E-state index is 0.416. The largest absolute Gasteiger partial charge is 0.318 e. The van der Waals surface area contributed by atoms with Gasteiger partial charge in [-0.15, -0.1) is 22.7 Å². The number of thiophene rings is 2. The van der Waals surface area contributed by atoms with Gasteiger partial charge in [-0.1, -0.05) is 140 Å². The van der Waals surface area contributed by atoms with E-state index in [1.54, 1.807) is 11.3 Å². The maximum Gasteiger partial charge on any atom is 0.220 e. The molecule has 312 valence electrons. The molecule has 15 rings (SSSR count). The fraction of sp³-hybridized carbons (Fsp3) is 0. The third-order valence-corrected chi connectivity index (χ3v) is 16.5. The van der Waals surface area contributed by atoms with Crippen LogP contribution >= 0.6 is 22.7 Å². The van der Waals surface area contributed by atoms with E-state index in [1.165, 1.54) is 35.6 Å². The fourth-order valence-corrected chi connectivity index (χ4v) is 13.8. The van der Waals surface area contributed by atoms with E-state index >= 15 is 0 Å². The van der Waals surface area contributed by atoms with Crippen molar-refractivity contribution in [2.75, 3.05) is 0 Å². The summed E-state index contributed by atoms with van der Waals surface area (Å²) in [6.07, 6.45) is 1.87. The zero-order valence-electron chi connectivity index (χ0n) is 36.0. The quantitative estimate of drug-likeness (QED) is 0.131. The Bertz CT molecular complexity index is 4660. The first-order chi connectivity index (χ1) is 33.7. The second kappa shape index (κ2) is 13.8. The van der Waals surface area contributed by atoms with Gasteiger partial charge in [0.15, 0.2) is 0 Å². The number of hydrogen-bond acceptors (Lipinski definition) is 4. The van der Waals surface area contributed by atoms with Crippen molar-refractivity contribution in [2.24, 2.45) is 0 Å². The van der Waals surface area contributed by atoms with Gasteiger partial charge in [-0.2, -0.15) is 5.26 Å². The second-order valence-corrected chi connectivity index (χ2v) is 19.6. The van der Waals surface area contributed by atoms with E-state index in [0.29, 0.717) is 16.8 Å². The molecule has 0 unspecified atom stereocenters. The summed E-state index contributed by atoms with van der Waals surface area (Å²) in [7, 11) is 0. The van der Waals surface area contributed by atoms with Crippen molar-refractivity contribution < 1.29 is 0 Å². The Morgan fingerprint density at radius 3 is 1.82 bits per heavy atom. The molecule has 68 heavy (non-hydrogen) atoms. The minimum Gasteiger partial charge on any atom is -0.318 e. The van der Waals surface area contributed by atoms with Crippen LogP contribution in [0, 0.1) is 17.9 Å². The molecule has 10 aromatic carbocycles. The van der Waals surface area contributed by atoms with Gasteiger partial charge in [0.05, 0.1) is 55.8 Å². The Kier molecular flexibility index (Phi) is 7.61. The van der Waals surface area contributed by atoms with E-state index in [1.807, 2.05) is 60.0 Å². The van der Waals surface area contributed by atoms with Crippen molar-refractivity contribution in [1.29, 1.82) is 5.26 Å². The Hall–Kier alpha value is -8.85. The standard InChI is InChI=1S/C61H31N5S2/c1-63-57-52(34-15-4-2-5-16-34)45(33-62)58(53(35-17-6-3-7-18-35)60(57)65-46-24-12-21-38-39-23-14-30-64-56(39)42-22-13-25-47(65)55(42)54(38)46)66-48-31-44-37-20-9-10-26-49(37)67-51(44)32-43(48)40-28-29-41-36-19-8-11-27-50(36)68-61(41)59(40)66/h2-32H. The molecule has 0 fully saturated rings. The molecule has 0 spiro atoms. The summed E-state index contributed by atoms with van der Waals surface area (Å²) < 4.78 is 9.52. The lowest BCUT2D eigenvalue weighted by Crippen LogP contribution is -2.08. The van der Waals surface area contributed by atoms with Gasteiger partial charge < -0.3 is 9.13 Å². The number of hydrogen-bond donors (Lipinski definition) is 0. The second-order valence-electron chi connectivity index (χ2n) is 17.5. The zero-order valence-corrected chi connectivity index (χ0v) is 37.6. The van der Waals surface area contributed by atoms with Crippen LogP contribution in [0.1, 0.15) is 5.56 Å². The van der Waals surface area contributed by atoms with E-state index in [0.717, 1.165) is 98.1 Å². The molecule has 0 radical (unpaired) electrons. The molecule has 0 saturated heterocycles. The lowest BCUT2D eigenvalue weighted by molar-refractivity contribution is 1.14. The van der Waals surface area contributed by atoms with Gasteiger partial charge >= 0.3 is 0 Å². The molecule has 5 aromatic heterocycles. The number of nitriles is 1. The van der Waals surface area contributed by atoms with Crippen molar-refractivity contribution in [2.45, 2.75) is 0 Å². The molecule has 0 saturated carbocycles. The van der Waals surface area contributed by atoms with Crippen LogP contribution in [0.5, 0.6) is 0 Å². The average Bonchev–Trinajstić information content (AvgIpc) is 4.15. The molecule has 7 heteroatoms. The van der Waals surface area contributed by atoms with E-state index in [-0.39, 0.29) is 0 Å². The SMILES string of the molecule is [C-]#[N+]c1c(-c2ccccc2)c(C#N)c(-n2c3cc4c(cc3c3ccc5c6ccccc6sc5c32)sc2ccccc24)c(-c2ccccc2)c1-n1c2cccc3c4cccnc4c4cccc1c4c32. The predicted octanol–water partition coefficient (Wildman–Crippen LogP) is 17.5. The smallest absolute Gasteiger partial charge is 0.220 e. The summed E-state index contributed by atoms with van der Waals surface area (Å²) in [6.45, 7) is 9.34. The Morgan fingerprint density at radius 2 is 1.09 bits per heavy atom. The van der Waals surface area contributed by atoms with E-state index in [4.69, 9.17) is 4.98 Å². The van der Waals surface area contributed by atoms with Crippen LogP contribution in [-0.4, -0.2) is 14.1 Å². The summed E-state index contributed by atoms with van der Waals surface area (Å²) in [5.41, 5.74) is 10.4. The van der Waals surface area contributed by atoms with Gasteiger partial charge in [-0.25, -0.2) is 4.85 Å². The van der Waals surface area contributed by atoms with Crippen LogP contribution in [0.15, 0.2) is 188 Å². The summed E-state index contributed by atoms with van der Waals surface area (Å²) in [5.74, 6) is 0. The lowest BCUT2D eigenvalue weighted by atomic mass is 9.88. The van der Waals surface area contributed by atoms with Crippen LogP contribution in [0.2, 0.25) is 0 Å². The first-order valence-corrected chi connectivity index (χ1v) is 24.2. The van der Waals surface area contributed by atoms with Crippen LogP contribution < -0.4 is 0 Å². The molecule has 0 aliphatic rings. The maximum atomic E-state index is 12.1. The summed E-state index contributed by atoms with van der Waals surface area (Å²) >= 11 is 3.61. The van der Waals surface area contributed by atoms with Crippen molar-refractivity contribution in [1.82, 2.24) is 14.1 Å². The molecular weight excluding hydrogens is 867 g/mol. The third-order valence-electron chi connectivity index (χ3n) is 14.2. The molecule has 0 aliphatic carbocycles. The number of fused-ring (bicyclic) bond motifs is 13. The minimum absolute atomic E-state index is 0.416. The fourth-order valence-electron chi connectivity index (χ4n) is 11.5. The van der Waals surface area contributed by atoms with Crippen molar-refractivity contribution in [3.63, 3.8) is 0 Å². The molecule has 0 aliphatic heterocycles. The van der Waals surface area contributed by atoms with Gasteiger partial charge in [0.25, 0.3) is 0 Å². The van der Waals surface area contributed by atoms with Gasteiger partial charge in [-0.3, -0.25) is 4.98 Å². The number of aromatic nitrogens is 3. The van der Waals surface area contributed by atoms with Gasteiger partial charge in [-0.05, 0) is 59.0 Å². The van der Waals surface area contributed by atoms with Crippen molar-refractivity contribution in [3.05, 3.63) is 205 Å². The van der Waals surface area contributed by atoms with Crippen LogP contribution in [-0.2, 0) is 0 Å². The average molecular weight is 898 g/mol. The first-order valence-electron chi connectivity index (χ1n) is 22.5. The van der Waals surface area contributed by atoms with Crippen LogP contribution in [0.4, 0.5) is 5.69 Å². The molecular formula is C61H31N5S2. The van der Waals surface area contributed by atoms with E-state index in [2.05, 4.69) is 160 Å². The highest BCUT2D eigenvalue weighted by Gasteiger charge is 2.33. The monoisotopic (exact) mass is 897 g/mol. The number of rotatable bonds is 4.